The Morgan fingerprint density at radius 1 is 1.19 bits per heavy atom. The lowest BCUT2D eigenvalue weighted by Gasteiger charge is -2.26. The van der Waals surface area contributed by atoms with Crippen molar-refractivity contribution in [3.05, 3.63) is 23.8 Å². The van der Waals surface area contributed by atoms with Crippen LogP contribution < -0.4 is 10.0 Å². The van der Waals surface area contributed by atoms with Gasteiger partial charge in [-0.25, -0.2) is 13.1 Å². The van der Waals surface area contributed by atoms with Gasteiger partial charge in [0.05, 0.1) is 11.0 Å². The molecule has 1 aliphatic heterocycles. The zero-order chi connectivity index (χ0) is 14.9. The molecule has 0 amide bonds. The molecule has 1 fully saturated rings. The van der Waals surface area contributed by atoms with Crippen molar-refractivity contribution in [3.63, 3.8) is 0 Å². The summed E-state index contributed by atoms with van der Waals surface area (Å²) < 4.78 is 27.7. The van der Waals surface area contributed by atoms with Gasteiger partial charge in [0, 0.05) is 18.3 Å². The van der Waals surface area contributed by atoms with E-state index in [9.17, 15) is 13.5 Å². The van der Waals surface area contributed by atoms with Crippen LogP contribution in [0.1, 0.15) is 37.7 Å². The molecule has 1 aromatic carbocycles. The molecule has 1 aliphatic carbocycles. The molecule has 3 N–H and O–H groups in total. The molecule has 2 aliphatic rings. The average molecular weight is 310 g/mol. The van der Waals surface area contributed by atoms with Crippen LogP contribution in [0.4, 0.5) is 5.69 Å². The maximum absolute atomic E-state index is 12.5. The Morgan fingerprint density at radius 2 is 1.95 bits per heavy atom. The van der Waals surface area contributed by atoms with Gasteiger partial charge in [-0.3, -0.25) is 0 Å². The molecular weight excluding hydrogens is 288 g/mol. The topological polar surface area (TPSA) is 78.4 Å². The number of anilines is 1. The molecule has 0 bridgehead atoms. The molecule has 0 aromatic heterocycles. The predicted octanol–water partition coefficient (Wildman–Crippen LogP) is 1.63. The number of benzene rings is 1. The summed E-state index contributed by atoms with van der Waals surface area (Å²) in [5.41, 5.74) is 2.11. The molecule has 21 heavy (non-hydrogen) atoms. The monoisotopic (exact) mass is 310 g/mol. The van der Waals surface area contributed by atoms with Crippen molar-refractivity contribution in [2.75, 3.05) is 11.9 Å². The Morgan fingerprint density at radius 3 is 2.71 bits per heavy atom. The van der Waals surface area contributed by atoms with Gasteiger partial charge in [0.1, 0.15) is 0 Å². The summed E-state index contributed by atoms with van der Waals surface area (Å²) in [7, 11) is -3.48. The minimum absolute atomic E-state index is 0.0672. The lowest BCUT2D eigenvalue weighted by atomic mass is 9.94. The summed E-state index contributed by atoms with van der Waals surface area (Å²) in [6.07, 6.45) is 4.53. The number of hydrogen-bond donors (Lipinski definition) is 3. The SMILES string of the molecule is O=S(=O)(NC1CCC(O)CC1)c1ccc2c(c1)NCCC2. The number of aliphatic hydroxyl groups is 1. The maximum atomic E-state index is 12.5. The van der Waals surface area contributed by atoms with E-state index in [2.05, 4.69) is 10.0 Å². The van der Waals surface area contributed by atoms with E-state index in [0.717, 1.165) is 25.1 Å². The van der Waals surface area contributed by atoms with Crippen LogP contribution in [0.15, 0.2) is 23.1 Å². The quantitative estimate of drug-likeness (QED) is 0.793. The smallest absolute Gasteiger partial charge is 0.240 e. The predicted molar refractivity (Wildman–Crippen MR) is 81.8 cm³/mol. The standard InChI is InChI=1S/C15H22N2O3S/c18-13-6-4-12(5-7-13)17-21(19,20)14-8-3-11-2-1-9-16-15(11)10-14/h3,8,10,12-13,16-18H,1-2,4-7,9H2. The van der Waals surface area contributed by atoms with E-state index in [1.807, 2.05) is 6.07 Å². The first kappa shape index (κ1) is 14.8. The van der Waals surface area contributed by atoms with Crippen molar-refractivity contribution in [1.82, 2.24) is 4.72 Å². The van der Waals surface area contributed by atoms with Crippen LogP contribution >= 0.6 is 0 Å². The van der Waals surface area contributed by atoms with E-state index < -0.39 is 10.0 Å². The van der Waals surface area contributed by atoms with Gasteiger partial charge in [0.15, 0.2) is 0 Å². The largest absolute Gasteiger partial charge is 0.393 e. The van der Waals surface area contributed by atoms with E-state index in [-0.39, 0.29) is 12.1 Å². The molecule has 5 nitrogen and oxygen atoms in total. The highest BCUT2D eigenvalue weighted by molar-refractivity contribution is 7.89. The molecule has 1 heterocycles. The second-order valence-electron chi connectivity index (χ2n) is 5.98. The molecule has 0 atom stereocenters. The molecule has 6 heteroatoms. The molecule has 116 valence electrons. The van der Waals surface area contributed by atoms with Crippen LogP contribution in [-0.4, -0.2) is 32.2 Å². The summed E-state index contributed by atoms with van der Waals surface area (Å²) in [6.45, 7) is 0.893. The first-order chi connectivity index (χ1) is 10.0. The van der Waals surface area contributed by atoms with Crippen molar-refractivity contribution in [1.29, 1.82) is 0 Å². The third-order valence-corrected chi connectivity index (χ3v) is 5.87. The van der Waals surface area contributed by atoms with Crippen molar-refractivity contribution in [2.24, 2.45) is 0 Å². The third kappa shape index (κ3) is 3.39. The highest BCUT2D eigenvalue weighted by Gasteiger charge is 2.25. The molecular formula is C15H22N2O3S. The zero-order valence-corrected chi connectivity index (χ0v) is 12.8. The summed E-state index contributed by atoms with van der Waals surface area (Å²) in [4.78, 5) is 0.321. The Kier molecular flexibility index (Phi) is 4.19. The van der Waals surface area contributed by atoms with E-state index >= 15 is 0 Å². The fourth-order valence-corrected chi connectivity index (χ4v) is 4.42. The molecule has 1 saturated carbocycles. The van der Waals surface area contributed by atoms with Crippen LogP contribution in [0, 0.1) is 0 Å². The minimum atomic E-state index is -3.48. The van der Waals surface area contributed by atoms with Crippen molar-refractivity contribution in [2.45, 2.75) is 55.6 Å². The van der Waals surface area contributed by atoms with Crippen LogP contribution in [0.5, 0.6) is 0 Å². The highest BCUT2D eigenvalue weighted by atomic mass is 32.2. The van der Waals surface area contributed by atoms with Crippen molar-refractivity contribution < 1.29 is 13.5 Å². The van der Waals surface area contributed by atoms with Crippen LogP contribution in [0.25, 0.3) is 0 Å². The number of fused-ring (bicyclic) bond motifs is 1. The van der Waals surface area contributed by atoms with Crippen LogP contribution in [0.2, 0.25) is 0 Å². The van der Waals surface area contributed by atoms with Gasteiger partial charge in [0.2, 0.25) is 10.0 Å². The Balaban J connectivity index is 1.75. The average Bonchev–Trinajstić information content (AvgIpc) is 2.49. The van der Waals surface area contributed by atoms with E-state index in [1.165, 1.54) is 5.56 Å². The lowest BCUT2D eigenvalue weighted by Crippen LogP contribution is -2.38. The number of aryl methyl sites for hydroxylation is 1. The summed E-state index contributed by atoms with van der Waals surface area (Å²) in [5.74, 6) is 0. The van der Waals surface area contributed by atoms with Gasteiger partial charge in [-0.15, -0.1) is 0 Å². The number of sulfonamides is 1. The fraction of sp³-hybridized carbons (Fsp3) is 0.600. The summed E-state index contributed by atoms with van der Waals surface area (Å²) in [6, 6.07) is 5.25. The van der Waals surface area contributed by atoms with E-state index in [1.54, 1.807) is 12.1 Å². The maximum Gasteiger partial charge on any atom is 0.240 e. The van der Waals surface area contributed by atoms with Gasteiger partial charge in [-0.05, 0) is 56.2 Å². The number of aliphatic hydroxyl groups excluding tert-OH is 1. The lowest BCUT2D eigenvalue weighted by molar-refractivity contribution is 0.120. The highest BCUT2D eigenvalue weighted by Crippen LogP contribution is 2.26. The molecule has 3 rings (SSSR count). The fourth-order valence-electron chi connectivity index (χ4n) is 3.09. The van der Waals surface area contributed by atoms with E-state index in [4.69, 9.17) is 0 Å². The van der Waals surface area contributed by atoms with Gasteiger partial charge < -0.3 is 10.4 Å². The second kappa shape index (κ2) is 5.94. The Hall–Kier alpha value is -1.11. The normalized spacial score (nSPS) is 26.0. The summed E-state index contributed by atoms with van der Waals surface area (Å²) >= 11 is 0. The number of hydrogen-bond acceptors (Lipinski definition) is 4. The molecule has 0 saturated heterocycles. The minimum Gasteiger partial charge on any atom is -0.393 e. The zero-order valence-electron chi connectivity index (χ0n) is 12.0. The first-order valence-electron chi connectivity index (χ1n) is 7.62. The third-order valence-electron chi connectivity index (χ3n) is 4.35. The molecule has 0 spiro atoms. The van der Waals surface area contributed by atoms with Crippen molar-refractivity contribution in [3.8, 4) is 0 Å². The van der Waals surface area contributed by atoms with E-state index in [0.29, 0.717) is 30.6 Å². The molecule has 1 aromatic rings. The molecule has 0 radical (unpaired) electrons. The van der Waals surface area contributed by atoms with Gasteiger partial charge in [-0.2, -0.15) is 0 Å². The second-order valence-corrected chi connectivity index (χ2v) is 7.69. The van der Waals surface area contributed by atoms with Crippen LogP contribution in [-0.2, 0) is 16.4 Å². The Bertz CT molecular complexity index is 607. The van der Waals surface area contributed by atoms with Gasteiger partial charge in [-0.1, -0.05) is 6.07 Å². The van der Waals surface area contributed by atoms with Crippen molar-refractivity contribution >= 4 is 15.7 Å². The van der Waals surface area contributed by atoms with Gasteiger partial charge in [0.25, 0.3) is 0 Å². The first-order valence-corrected chi connectivity index (χ1v) is 9.10. The van der Waals surface area contributed by atoms with Gasteiger partial charge >= 0.3 is 0 Å². The number of rotatable bonds is 3. The Labute approximate surface area is 125 Å². The van der Waals surface area contributed by atoms with Crippen LogP contribution in [0.3, 0.4) is 0 Å². The summed E-state index contributed by atoms with van der Waals surface area (Å²) in [5, 5.41) is 12.7. The molecule has 0 unspecified atom stereocenters. The number of nitrogens with one attached hydrogen (secondary N) is 2.